The molecule has 1 aliphatic rings. The van der Waals surface area contributed by atoms with Crippen LogP contribution >= 0.6 is 11.3 Å². The van der Waals surface area contributed by atoms with Gasteiger partial charge in [0.1, 0.15) is 0 Å². The summed E-state index contributed by atoms with van der Waals surface area (Å²) in [6.07, 6.45) is 4.59. The average molecular weight is 300 g/mol. The third-order valence-electron chi connectivity index (χ3n) is 3.91. The first-order chi connectivity index (χ1) is 10.1. The summed E-state index contributed by atoms with van der Waals surface area (Å²) < 4.78 is 0. The Hall–Kier alpha value is -1.68. The molecule has 4 heteroatoms. The van der Waals surface area contributed by atoms with Crippen molar-refractivity contribution in [3.63, 3.8) is 0 Å². The van der Waals surface area contributed by atoms with Crippen molar-refractivity contribution >= 4 is 22.4 Å². The lowest BCUT2D eigenvalue weighted by atomic mass is 10.0. The number of nitrogens with zero attached hydrogens (tertiary/aromatic N) is 1. The second-order valence-electron chi connectivity index (χ2n) is 5.83. The molecule has 3 nitrogen and oxygen atoms in total. The van der Waals surface area contributed by atoms with Crippen molar-refractivity contribution in [3.05, 3.63) is 46.0 Å². The smallest absolute Gasteiger partial charge is 0.257 e. The number of thiazole rings is 1. The number of aromatic nitrogens is 1. The van der Waals surface area contributed by atoms with Crippen molar-refractivity contribution < 1.29 is 4.79 Å². The summed E-state index contributed by atoms with van der Waals surface area (Å²) in [7, 11) is 0. The first kappa shape index (κ1) is 14.3. The molecule has 0 saturated carbocycles. The van der Waals surface area contributed by atoms with Crippen LogP contribution in [0.3, 0.4) is 0 Å². The Kier molecular flexibility index (Phi) is 4.06. The Labute approximate surface area is 129 Å². The maximum atomic E-state index is 12.3. The maximum Gasteiger partial charge on any atom is 0.257 e. The van der Waals surface area contributed by atoms with E-state index in [1.165, 1.54) is 29.0 Å². The molecule has 0 saturated heterocycles. The standard InChI is InChI=1S/C17H20N2OS/c1-11(2)12-7-9-13(10-8-12)16(20)19-17-18-14-5-3-4-6-15(14)21-17/h7-11H,3-6H2,1-2H3,(H,18,19,20). The number of aryl methyl sites for hydroxylation is 2. The quantitative estimate of drug-likeness (QED) is 0.913. The average Bonchev–Trinajstić information content (AvgIpc) is 2.89. The van der Waals surface area contributed by atoms with Crippen molar-refractivity contribution in [2.75, 3.05) is 5.32 Å². The topological polar surface area (TPSA) is 42.0 Å². The molecule has 0 aliphatic heterocycles. The normalized spacial score (nSPS) is 14.0. The number of anilines is 1. The summed E-state index contributed by atoms with van der Waals surface area (Å²) in [5, 5.41) is 3.67. The van der Waals surface area contributed by atoms with Crippen molar-refractivity contribution in [1.29, 1.82) is 0 Å². The number of rotatable bonds is 3. The van der Waals surface area contributed by atoms with E-state index in [1.807, 2.05) is 24.3 Å². The highest BCUT2D eigenvalue weighted by atomic mass is 32.1. The summed E-state index contributed by atoms with van der Waals surface area (Å²) >= 11 is 1.62. The summed E-state index contributed by atoms with van der Waals surface area (Å²) in [6, 6.07) is 7.81. The lowest BCUT2D eigenvalue weighted by Gasteiger charge is -2.06. The monoisotopic (exact) mass is 300 g/mol. The largest absolute Gasteiger partial charge is 0.298 e. The van der Waals surface area contributed by atoms with Crippen molar-refractivity contribution in [2.45, 2.75) is 45.4 Å². The van der Waals surface area contributed by atoms with E-state index in [0.29, 0.717) is 11.5 Å². The molecule has 110 valence electrons. The zero-order valence-electron chi connectivity index (χ0n) is 12.5. The maximum absolute atomic E-state index is 12.3. The predicted octanol–water partition coefficient (Wildman–Crippen LogP) is 4.40. The highest BCUT2D eigenvalue weighted by Gasteiger charge is 2.16. The van der Waals surface area contributed by atoms with Gasteiger partial charge in [-0.3, -0.25) is 10.1 Å². The number of benzene rings is 1. The summed E-state index contributed by atoms with van der Waals surface area (Å²) in [5.74, 6) is 0.407. The van der Waals surface area contributed by atoms with Gasteiger partial charge in [-0.15, -0.1) is 11.3 Å². The van der Waals surface area contributed by atoms with Gasteiger partial charge in [0.25, 0.3) is 5.91 Å². The van der Waals surface area contributed by atoms with Gasteiger partial charge in [-0.05, 0) is 49.3 Å². The van der Waals surface area contributed by atoms with E-state index >= 15 is 0 Å². The Morgan fingerprint density at radius 1 is 1.19 bits per heavy atom. The fourth-order valence-electron chi connectivity index (χ4n) is 2.59. The van der Waals surface area contributed by atoms with Crippen LogP contribution in [0.2, 0.25) is 0 Å². The van der Waals surface area contributed by atoms with E-state index in [0.717, 1.165) is 18.0 Å². The highest BCUT2D eigenvalue weighted by Crippen LogP contribution is 2.29. The number of hydrogen-bond acceptors (Lipinski definition) is 3. The minimum Gasteiger partial charge on any atom is -0.298 e. The minimum absolute atomic E-state index is 0.0728. The van der Waals surface area contributed by atoms with Gasteiger partial charge >= 0.3 is 0 Å². The van der Waals surface area contributed by atoms with Crippen LogP contribution in [0.5, 0.6) is 0 Å². The highest BCUT2D eigenvalue weighted by molar-refractivity contribution is 7.15. The molecule has 0 spiro atoms. The molecule has 1 amide bonds. The van der Waals surface area contributed by atoms with E-state index < -0.39 is 0 Å². The molecular weight excluding hydrogens is 280 g/mol. The molecule has 1 N–H and O–H groups in total. The summed E-state index contributed by atoms with van der Waals surface area (Å²) in [5.41, 5.74) is 3.11. The number of carbonyl (C=O) groups excluding carboxylic acids is 1. The molecule has 1 aromatic heterocycles. The molecule has 21 heavy (non-hydrogen) atoms. The van der Waals surface area contributed by atoms with Crippen LogP contribution in [-0.4, -0.2) is 10.9 Å². The van der Waals surface area contributed by atoms with Crippen LogP contribution in [0.25, 0.3) is 0 Å². The Morgan fingerprint density at radius 3 is 2.57 bits per heavy atom. The third kappa shape index (κ3) is 3.16. The van der Waals surface area contributed by atoms with Crippen molar-refractivity contribution in [2.24, 2.45) is 0 Å². The first-order valence-corrected chi connectivity index (χ1v) is 8.35. The number of hydrogen-bond donors (Lipinski definition) is 1. The second-order valence-corrected chi connectivity index (χ2v) is 6.91. The number of nitrogens with one attached hydrogen (secondary N) is 1. The Bertz CT molecular complexity index is 620. The zero-order chi connectivity index (χ0) is 14.8. The Morgan fingerprint density at radius 2 is 1.90 bits per heavy atom. The van der Waals surface area contributed by atoms with Crippen LogP contribution in [-0.2, 0) is 12.8 Å². The number of carbonyl (C=O) groups is 1. The molecule has 1 aliphatic carbocycles. The van der Waals surface area contributed by atoms with Crippen LogP contribution in [0.1, 0.15) is 59.1 Å². The van der Waals surface area contributed by atoms with Crippen LogP contribution in [0.15, 0.2) is 24.3 Å². The molecular formula is C17H20N2OS. The molecule has 1 heterocycles. The fraction of sp³-hybridized carbons (Fsp3) is 0.412. The first-order valence-electron chi connectivity index (χ1n) is 7.53. The van der Waals surface area contributed by atoms with E-state index in [2.05, 4.69) is 24.1 Å². The number of amides is 1. The van der Waals surface area contributed by atoms with Gasteiger partial charge in [-0.25, -0.2) is 4.98 Å². The van der Waals surface area contributed by atoms with Crippen molar-refractivity contribution in [3.8, 4) is 0 Å². The third-order valence-corrected chi connectivity index (χ3v) is 4.98. The molecule has 1 aromatic carbocycles. The summed E-state index contributed by atoms with van der Waals surface area (Å²) in [4.78, 5) is 18.2. The van der Waals surface area contributed by atoms with Crippen LogP contribution in [0.4, 0.5) is 5.13 Å². The Balaban J connectivity index is 1.72. The molecule has 3 rings (SSSR count). The van der Waals surface area contributed by atoms with E-state index in [1.54, 1.807) is 11.3 Å². The SMILES string of the molecule is CC(C)c1ccc(C(=O)Nc2nc3c(s2)CCCC3)cc1. The second kappa shape index (κ2) is 5.98. The van der Waals surface area contributed by atoms with Gasteiger partial charge in [0.15, 0.2) is 5.13 Å². The van der Waals surface area contributed by atoms with E-state index in [-0.39, 0.29) is 5.91 Å². The van der Waals surface area contributed by atoms with Gasteiger partial charge < -0.3 is 0 Å². The van der Waals surface area contributed by atoms with Crippen molar-refractivity contribution in [1.82, 2.24) is 4.98 Å². The van der Waals surface area contributed by atoms with E-state index in [9.17, 15) is 4.79 Å². The molecule has 0 atom stereocenters. The number of fused-ring (bicyclic) bond motifs is 1. The van der Waals surface area contributed by atoms with Gasteiger partial charge in [0.05, 0.1) is 5.69 Å². The predicted molar refractivity (Wildman–Crippen MR) is 87.2 cm³/mol. The lowest BCUT2D eigenvalue weighted by Crippen LogP contribution is -2.11. The molecule has 2 aromatic rings. The molecule has 0 fully saturated rings. The molecule has 0 radical (unpaired) electrons. The minimum atomic E-state index is -0.0728. The molecule has 0 bridgehead atoms. The van der Waals surface area contributed by atoms with Crippen LogP contribution < -0.4 is 5.32 Å². The van der Waals surface area contributed by atoms with Gasteiger partial charge in [-0.2, -0.15) is 0 Å². The van der Waals surface area contributed by atoms with Gasteiger partial charge in [0, 0.05) is 10.4 Å². The van der Waals surface area contributed by atoms with E-state index in [4.69, 9.17) is 0 Å². The molecule has 0 unspecified atom stereocenters. The van der Waals surface area contributed by atoms with Gasteiger partial charge in [-0.1, -0.05) is 26.0 Å². The lowest BCUT2D eigenvalue weighted by molar-refractivity contribution is 0.102. The fourth-order valence-corrected chi connectivity index (χ4v) is 3.64. The zero-order valence-corrected chi connectivity index (χ0v) is 13.3. The summed E-state index contributed by atoms with van der Waals surface area (Å²) in [6.45, 7) is 4.30. The van der Waals surface area contributed by atoms with Gasteiger partial charge in [0.2, 0.25) is 0 Å². The van der Waals surface area contributed by atoms with Crippen LogP contribution in [0, 0.1) is 0 Å².